The number of rotatable bonds is 6. The SMILES string of the molecule is Cc1ncc(-c2ccnc(Nc3ccc(C(=O)NC4CC4)cc3)n2)n1C(C)C. The molecule has 0 unspecified atom stereocenters. The van der Waals surface area contributed by atoms with Gasteiger partial charge in [-0.2, -0.15) is 0 Å². The Morgan fingerprint density at radius 3 is 2.57 bits per heavy atom. The number of aryl methyl sites for hydroxylation is 1. The molecule has 2 N–H and O–H groups in total. The van der Waals surface area contributed by atoms with Gasteiger partial charge in [-0.15, -0.1) is 0 Å². The van der Waals surface area contributed by atoms with Crippen LogP contribution in [0, 0.1) is 6.92 Å². The fourth-order valence-electron chi connectivity index (χ4n) is 3.19. The van der Waals surface area contributed by atoms with Gasteiger partial charge >= 0.3 is 0 Å². The summed E-state index contributed by atoms with van der Waals surface area (Å²) in [6.07, 6.45) is 5.73. The van der Waals surface area contributed by atoms with Gasteiger partial charge in [-0.3, -0.25) is 4.79 Å². The van der Waals surface area contributed by atoms with Gasteiger partial charge in [0.15, 0.2) is 0 Å². The summed E-state index contributed by atoms with van der Waals surface area (Å²) in [6.45, 7) is 6.24. The van der Waals surface area contributed by atoms with Crippen LogP contribution in [0.15, 0.2) is 42.7 Å². The molecule has 1 aliphatic rings. The molecule has 7 nitrogen and oxygen atoms in total. The summed E-state index contributed by atoms with van der Waals surface area (Å²) in [5.74, 6) is 1.43. The van der Waals surface area contributed by atoms with Crippen LogP contribution in [0.4, 0.5) is 11.6 Å². The second-order valence-corrected chi connectivity index (χ2v) is 7.37. The number of aromatic nitrogens is 4. The molecule has 1 aromatic carbocycles. The van der Waals surface area contributed by atoms with Crippen LogP contribution in [-0.4, -0.2) is 31.5 Å². The number of anilines is 2. The van der Waals surface area contributed by atoms with Crippen molar-refractivity contribution in [3.05, 3.63) is 54.1 Å². The number of amides is 1. The molecular weight excluding hydrogens is 352 g/mol. The average Bonchev–Trinajstić information content (AvgIpc) is 3.40. The normalized spacial score (nSPS) is 13.6. The molecule has 1 aliphatic carbocycles. The minimum absolute atomic E-state index is 0.0235. The number of imidazole rings is 1. The van der Waals surface area contributed by atoms with E-state index < -0.39 is 0 Å². The van der Waals surface area contributed by atoms with E-state index in [-0.39, 0.29) is 5.91 Å². The van der Waals surface area contributed by atoms with Gasteiger partial charge in [-0.1, -0.05) is 0 Å². The summed E-state index contributed by atoms with van der Waals surface area (Å²) >= 11 is 0. The van der Waals surface area contributed by atoms with E-state index in [0.29, 0.717) is 23.6 Å². The van der Waals surface area contributed by atoms with Gasteiger partial charge in [0.05, 0.1) is 17.6 Å². The number of nitrogens with one attached hydrogen (secondary N) is 2. The zero-order valence-electron chi connectivity index (χ0n) is 16.3. The van der Waals surface area contributed by atoms with Crippen molar-refractivity contribution < 1.29 is 4.79 Å². The van der Waals surface area contributed by atoms with E-state index in [4.69, 9.17) is 0 Å². The maximum Gasteiger partial charge on any atom is 0.251 e. The van der Waals surface area contributed by atoms with Crippen molar-refractivity contribution in [3.63, 3.8) is 0 Å². The fraction of sp³-hybridized carbons (Fsp3) is 0.333. The second kappa shape index (κ2) is 7.42. The van der Waals surface area contributed by atoms with Crippen LogP contribution < -0.4 is 10.6 Å². The number of hydrogen-bond acceptors (Lipinski definition) is 5. The monoisotopic (exact) mass is 376 g/mol. The quantitative estimate of drug-likeness (QED) is 0.682. The third kappa shape index (κ3) is 3.88. The predicted octanol–water partition coefficient (Wildman–Crippen LogP) is 3.87. The molecule has 0 spiro atoms. The van der Waals surface area contributed by atoms with Crippen molar-refractivity contribution in [2.24, 2.45) is 0 Å². The number of carbonyl (C=O) groups excluding carboxylic acids is 1. The lowest BCUT2D eigenvalue weighted by Gasteiger charge is -2.14. The molecule has 144 valence electrons. The van der Waals surface area contributed by atoms with E-state index in [1.807, 2.05) is 31.3 Å². The molecule has 28 heavy (non-hydrogen) atoms. The molecule has 2 heterocycles. The van der Waals surface area contributed by atoms with Crippen molar-refractivity contribution in [2.75, 3.05) is 5.32 Å². The minimum atomic E-state index is -0.0235. The van der Waals surface area contributed by atoms with Gasteiger partial charge in [0.1, 0.15) is 5.82 Å². The van der Waals surface area contributed by atoms with E-state index >= 15 is 0 Å². The zero-order chi connectivity index (χ0) is 19.7. The van der Waals surface area contributed by atoms with Crippen LogP contribution in [-0.2, 0) is 0 Å². The summed E-state index contributed by atoms with van der Waals surface area (Å²) in [7, 11) is 0. The third-order valence-corrected chi connectivity index (χ3v) is 4.73. The van der Waals surface area contributed by atoms with Crippen molar-refractivity contribution >= 4 is 17.5 Å². The maximum atomic E-state index is 12.1. The van der Waals surface area contributed by atoms with Gasteiger partial charge in [0.2, 0.25) is 5.95 Å². The molecule has 1 saturated carbocycles. The topological polar surface area (TPSA) is 84.7 Å². The standard InChI is InChI=1S/C21H24N6O/c1-13(2)27-14(3)23-12-19(27)18-10-11-22-21(26-18)25-17-6-4-15(5-7-17)20(28)24-16-8-9-16/h4-7,10-13,16H,8-9H2,1-3H3,(H,24,28)(H,22,25,26). The molecule has 0 aliphatic heterocycles. The van der Waals surface area contributed by atoms with Crippen LogP contribution in [0.2, 0.25) is 0 Å². The minimum Gasteiger partial charge on any atom is -0.349 e. The fourth-order valence-corrected chi connectivity index (χ4v) is 3.19. The Morgan fingerprint density at radius 1 is 1.14 bits per heavy atom. The molecule has 4 rings (SSSR count). The van der Waals surface area contributed by atoms with Crippen LogP contribution in [0.3, 0.4) is 0 Å². The number of nitrogens with zero attached hydrogens (tertiary/aromatic N) is 4. The van der Waals surface area contributed by atoms with Crippen LogP contribution in [0.5, 0.6) is 0 Å². The first-order valence-corrected chi connectivity index (χ1v) is 9.56. The molecule has 1 amide bonds. The number of carbonyl (C=O) groups is 1. The number of benzene rings is 1. The Hall–Kier alpha value is -3.22. The molecule has 0 radical (unpaired) electrons. The molecule has 1 fully saturated rings. The van der Waals surface area contributed by atoms with Gasteiger partial charge in [0.25, 0.3) is 5.91 Å². The summed E-state index contributed by atoms with van der Waals surface area (Å²) < 4.78 is 2.15. The van der Waals surface area contributed by atoms with Crippen molar-refractivity contribution in [1.82, 2.24) is 24.8 Å². The van der Waals surface area contributed by atoms with Crippen LogP contribution >= 0.6 is 0 Å². The molecule has 0 atom stereocenters. The van der Waals surface area contributed by atoms with E-state index in [1.54, 1.807) is 18.3 Å². The lowest BCUT2D eigenvalue weighted by atomic mass is 10.2. The van der Waals surface area contributed by atoms with E-state index in [2.05, 4.69) is 44.0 Å². The molecule has 0 saturated heterocycles. The molecule has 0 bridgehead atoms. The molecule has 2 aromatic heterocycles. The third-order valence-electron chi connectivity index (χ3n) is 4.73. The predicted molar refractivity (Wildman–Crippen MR) is 109 cm³/mol. The van der Waals surface area contributed by atoms with Crippen molar-refractivity contribution in [2.45, 2.75) is 45.7 Å². The lowest BCUT2D eigenvalue weighted by molar-refractivity contribution is 0.0951. The highest BCUT2D eigenvalue weighted by atomic mass is 16.1. The highest BCUT2D eigenvalue weighted by Crippen LogP contribution is 2.24. The first-order valence-electron chi connectivity index (χ1n) is 9.56. The molecule has 7 heteroatoms. The highest BCUT2D eigenvalue weighted by molar-refractivity contribution is 5.94. The number of hydrogen-bond donors (Lipinski definition) is 2. The van der Waals surface area contributed by atoms with E-state index in [9.17, 15) is 4.79 Å². The van der Waals surface area contributed by atoms with E-state index in [0.717, 1.165) is 35.7 Å². The summed E-state index contributed by atoms with van der Waals surface area (Å²) in [5.41, 5.74) is 3.26. The second-order valence-electron chi connectivity index (χ2n) is 7.37. The first-order chi connectivity index (χ1) is 13.5. The highest BCUT2D eigenvalue weighted by Gasteiger charge is 2.23. The van der Waals surface area contributed by atoms with Crippen molar-refractivity contribution in [1.29, 1.82) is 0 Å². The molecule has 3 aromatic rings. The Labute approximate surface area is 164 Å². The zero-order valence-corrected chi connectivity index (χ0v) is 16.3. The summed E-state index contributed by atoms with van der Waals surface area (Å²) in [6, 6.07) is 9.86. The largest absolute Gasteiger partial charge is 0.349 e. The summed E-state index contributed by atoms with van der Waals surface area (Å²) in [5, 5.41) is 6.19. The smallest absolute Gasteiger partial charge is 0.251 e. The lowest BCUT2D eigenvalue weighted by Crippen LogP contribution is -2.25. The van der Waals surface area contributed by atoms with Gasteiger partial charge in [-0.25, -0.2) is 15.0 Å². The van der Waals surface area contributed by atoms with Crippen LogP contribution in [0.25, 0.3) is 11.4 Å². The first kappa shape index (κ1) is 18.2. The van der Waals surface area contributed by atoms with Gasteiger partial charge in [-0.05, 0) is 63.9 Å². The Morgan fingerprint density at radius 2 is 1.89 bits per heavy atom. The average molecular weight is 376 g/mol. The maximum absolute atomic E-state index is 12.1. The van der Waals surface area contributed by atoms with Gasteiger partial charge in [0, 0.05) is 29.5 Å². The van der Waals surface area contributed by atoms with Gasteiger partial charge < -0.3 is 15.2 Å². The Balaban J connectivity index is 1.51. The Kier molecular flexibility index (Phi) is 4.81. The summed E-state index contributed by atoms with van der Waals surface area (Å²) in [4.78, 5) is 25.5. The van der Waals surface area contributed by atoms with E-state index in [1.165, 1.54) is 0 Å². The molecular formula is C21H24N6O. The van der Waals surface area contributed by atoms with Crippen molar-refractivity contribution in [3.8, 4) is 11.4 Å². The van der Waals surface area contributed by atoms with Crippen LogP contribution in [0.1, 0.15) is 48.9 Å². The Bertz CT molecular complexity index is 988.